The van der Waals surface area contributed by atoms with Crippen molar-refractivity contribution in [2.24, 2.45) is 0 Å². The van der Waals surface area contributed by atoms with Gasteiger partial charge in [0.15, 0.2) is 0 Å². The normalized spacial score (nSPS) is 11.0. The second kappa shape index (κ2) is 5.90. The van der Waals surface area contributed by atoms with Crippen molar-refractivity contribution in [3.63, 3.8) is 0 Å². The molecule has 0 fully saturated rings. The maximum Gasteiger partial charge on any atom is 0.132 e. The molecule has 0 bridgehead atoms. The molecule has 108 valence electrons. The summed E-state index contributed by atoms with van der Waals surface area (Å²) >= 11 is 3.57. The quantitative estimate of drug-likeness (QED) is 0.709. The number of aromatic nitrogens is 2. The van der Waals surface area contributed by atoms with Gasteiger partial charge in [0.25, 0.3) is 0 Å². The van der Waals surface area contributed by atoms with Gasteiger partial charge in [0.05, 0.1) is 12.6 Å². The first-order valence-electron chi connectivity index (χ1n) is 6.94. The molecule has 0 amide bonds. The van der Waals surface area contributed by atoms with E-state index in [-0.39, 0.29) is 0 Å². The van der Waals surface area contributed by atoms with Crippen molar-refractivity contribution in [2.75, 3.05) is 7.11 Å². The number of benzene rings is 1. The van der Waals surface area contributed by atoms with Gasteiger partial charge in [-0.1, -0.05) is 18.2 Å². The molecule has 1 aromatic carbocycles. The molecule has 0 N–H and O–H groups in total. The van der Waals surface area contributed by atoms with Crippen molar-refractivity contribution in [1.29, 1.82) is 0 Å². The lowest BCUT2D eigenvalue weighted by Gasteiger charge is -2.04. The van der Waals surface area contributed by atoms with Crippen LogP contribution in [0.1, 0.15) is 17.0 Å². The highest BCUT2D eigenvalue weighted by Crippen LogP contribution is 2.23. The van der Waals surface area contributed by atoms with E-state index in [1.165, 1.54) is 11.1 Å². The van der Waals surface area contributed by atoms with Gasteiger partial charge in [-0.2, -0.15) is 0 Å². The van der Waals surface area contributed by atoms with Crippen LogP contribution >= 0.6 is 15.9 Å². The maximum absolute atomic E-state index is 5.18. The fourth-order valence-electron chi connectivity index (χ4n) is 2.54. The molecule has 3 rings (SSSR count). The predicted octanol–water partition coefficient (Wildman–Crippen LogP) is 4.20. The molecule has 0 saturated heterocycles. The highest BCUT2D eigenvalue weighted by molar-refractivity contribution is 9.10. The summed E-state index contributed by atoms with van der Waals surface area (Å²) in [6.07, 6.45) is 3.94. The van der Waals surface area contributed by atoms with Crippen LogP contribution in [-0.4, -0.2) is 16.5 Å². The third-order valence-corrected chi connectivity index (χ3v) is 4.25. The van der Waals surface area contributed by atoms with E-state index >= 15 is 0 Å². The minimum Gasteiger partial charge on any atom is -0.497 e. The molecule has 0 aliphatic rings. The number of fused-ring (bicyclic) bond motifs is 1. The first-order valence-corrected chi connectivity index (χ1v) is 7.73. The minimum atomic E-state index is 0.892. The van der Waals surface area contributed by atoms with Crippen molar-refractivity contribution in [1.82, 2.24) is 9.38 Å². The predicted molar refractivity (Wildman–Crippen MR) is 88.0 cm³/mol. The second-order valence-corrected chi connectivity index (χ2v) is 5.83. The van der Waals surface area contributed by atoms with Crippen LogP contribution in [0.3, 0.4) is 0 Å². The minimum absolute atomic E-state index is 0.892. The second-order valence-electron chi connectivity index (χ2n) is 5.08. The number of hydrogen-bond donors (Lipinski definition) is 0. The van der Waals surface area contributed by atoms with Crippen LogP contribution in [0.2, 0.25) is 0 Å². The summed E-state index contributed by atoms with van der Waals surface area (Å²) in [7, 11) is 1.69. The summed E-state index contributed by atoms with van der Waals surface area (Å²) in [6.45, 7) is 2.11. The van der Waals surface area contributed by atoms with Gasteiger partial charge < -0.3 is 9.14 Å². The Bertz CT molecular complexity index is 762. The van der Waals surface area contributed by atoms with Crippen LogP contribution in [-0.2, 0) is 12.8 Å². The van der Waals surface area contributed by atoms with Crippen molar-refractivity contribution in [3.8, 4) is 5.75 Å². The highest BCUT2D eigenvalue weighted by Gasteiger charge is 2.10. The van der Waals surface area contributed by atoms with Crippen LogP contribution in [0.15, 0.2) is 47.2 Å². The molecule has 3 aromatic rings. The van der Waals surface area contributed by atoms with Crippen molar-refractivity contribution in [2.45, 2.75) is 19.8 Å². The van der Waals surface area contributed by atoms with E-state index < -0.39 is 0 Å². The molecule has 0 saturated carbocycles. The van der Waals surface area contributed by atoms with E-state index in [1.54, 1.807) is 7.11 Å². The van der Waals surface area contributed by atoms with Gasteiger partial charge in [-0.15, -0.1) is 0 Å². The Morgan fingerprint density at radius 2 is 1.90 bits per heavy atom. The number of pyridine rings is 1. The molecule has 0 aliphatic carbocycles. The van der Waals surface area contributed by atoms with Crippen LogP contribution in [0.25, 0.3) is 5.52 Å². The van der Waals surface area contributed by atoms with Crippen LogP contribution < -0.4 is 4.74 Å². The SMILES string of the molecule is COc1ccc(CCc2nc(Br)c3c(C)cccn23)cc1. The number of aryl methyl sites for hydroxylation is 3. The van der Waals surface area contributed by atoms with Gasteiger partial charge in [0.2, 0.25) is 0 Å². The zero-order valence-electron chi connectivity index (χ0n) is 12.1. The van der Waals surface area contributed by atoms with Crippen molar-refractivity contribution < 1.29 is 4.74 Å². The molecule has 0 atom stereocenters. The maximum atomic E-state index is 5.18. The number of methoxy groups -OCH3 is 1. The first kappa shape index (κ1) is 14.1. The standard InChI is InChI=1S/C17H17BrN2O/c1-12-4-3-11-20-15(19-17(18)16(12)20)10-7-13-5-8-14(21-2)9-6-13/h3-6,8-9,11H,7,10H2,1-2H3. The van der Waals surface area contributed by atoms with E-state index in [9.17, 15) is 0 Å². The lowest BCUT2D eigenvalue weighted by Crippen LogP contribution is -1.98. The third kappa shape index (κ3) is 2.81. The fourth-order valence-corrected chi connectivity index (χ4v) is 3.25. The summed E-state index contributed by atoms with van der Waals surface area (Å²) in [5.74, 6) is 1.97. The molecule has 2 aromatic heterocycles. The number of halogens is 1. The average molecular weight is 345 g/mol. The van der Waals surface area contributed by atoms with E-state index in [0.29, 0.717) is 0 Å². The molecule has 3 nitrogen and oxygen atoms in total. The smallest absolute Gasteiger partial charge is 0.132 e. The average Bonchev–Trinajstić information content (AvgIpc) is 2.83. The summed E-state index contributed by atoms with van der Waals surface area (Å²) in [4.78, 5) is 4.65. The number of rotatable bonds is 4. The van der Waals surface area contributed by atoms with Gasteiger partial charge >= 0.3 is 0 Å². The first-order chi connectivity index (χ1) is 10.2. The Morgan fingerprint density at radius 3 is 2.62 bits per heavy atom. The zero-order valence-corrected chi connectivity index (χ0v) is 13.7. The van der Waals surface area contributed by atoms with Gasteiger partial charge in [-0.25, -0.2) is 4.98 Å². The molecule has 21 heavy (non-hydrogen) atoms. The fraction of sp³-hybridized carbons (Fsp3) is 0.235. The monoisotopic (exact) mass is 344 g/mol. The molecular formula is C17H17BrN2O. The van der Waals surface area contributed by atoms with E-state index in [0.717, 1.165) is 34.5 Å². The molecular weight excluding hydrogens is 328 g/mol. The van der Waals surface area contributed by atoms with Gasteiger partial charge in [-0.05, 0) is 58.6 Å². The molecule has 0 aliphatic heterocycles. The largest absolute Gasteiger partial charge is 0.497 e. The summed E-state index contributed by atoms with van der Waals surface area (Å²) in [5.41, 5.74) is 3.67. The molecule has 0 spiro atoms. The topological polar surface area (TPSA) is 26.5 Å². The number of imidazole rings is 1. The van der Waals surface area contributed by atoms with E-state index in [4.69, 9.17) is 4.74 Å². The lowest BCUT2D eigenvalue weighted by atomic mass is 10.1. The Labute approximate surface area is 132 Å². The molecule has 2 heterocycles. The van der Waals surface area contributed by atoms with Crippen LogP contribution in [0, 0.1) is 6.92 Å². The summed E-state index contributed by atoms with van der Waals surface area (Å²) < 4.78 is 8.27. The highest BCUT2D eigenvalue weighted by atomic mass is 79.9. The van der Waals surface area contributed by atoms with Gasteiger partial charge in [-0.3, -0.25) is 0 Å². The molecule has 4 heteroatoms. The summed E-state index contributed by atoms with van der Waals surface area (Å²) in [5, 5.41) is 0. The number of ether oxygens (including phenoxy) is 1. The Kier molecular flexibility index (Phi) is 3.97. The van der Waals surface area contributed by atoms with E-state index in [2.05, 4.69) is 62.7 Å². The summed E-state index contributed by atoms with van der Waals surface area (Å²) in [6, 6.07) is 12.4. The number of hydrogen-bond acceptors (Lipinski definition) is 2. The van der Waals surface area contributed by atoms with Crippen LogP contribution in [0.5, 0.6) is 5.75 Å². The Hall–Kier alpha value is -1.81. The lowest BCUT2D eigenvalue weighted by molar-refractivity contribution is 0.414. The van der Waals surface area contributed by atoms with Gasteiger partial charge in [0, 0.05) is 12.6 Å². The Balaban J connectivity index is 1.83. The third-order valence-electron chi connectivity index (χ3n) is 3.69. The Morgan fingerprint density at radius 1 is 1.14 bits per heavy atom. The van der Waals surface area contributed by atoms with Crippen LogP contribution in [0.4, 0.5) is 0 Å². The van der Waals surface area contributed by atoms with Gasteiger partial charge in [0.1, 0.15) is 16.2 Å². The zero-order chi connectivity index (χ0) is 14.8. The number of nitrogens with zero attached hydrogens (tertiary/aromatic N) is 2. The molecule has 0 radical (unpaired) electrons. The molecule has 0 unspecified atom stereocenters. The van der Waals surface area contributed by atoms with E-state index in [1.807, 2.05) is 12.1 Å². The van der Waals surface area contributed by atoms with Crippen molar-refractivity contribution >= 4 is 21.4 Å². The van der Waals surface area contributed by atoms with Crippen molar-refractivity contribution in [3.05, 3.63) is 64.1 Å².